The van der Waals surface area contributed by atoms with Gasteiger partial charge in [0.15, 0.2) is 0 Å². The van der Waals surface area contributed by atoms with Gasteiger partial charge in [-0.15, -0.1) is 0 Å². The molecular weight excluding hydrogens is 326 g/mol. The highest BCUT2D eigenvalue weighted by Gasteiger charge is 2.21. The molecule has 5 nitrogen and oxygen atoms in total. The molecule has 0 spiro atoms. The number of pyridine rings is 1. The topological polar surface area (TPSA) is 45.7 Å². The van der Waals surface area contributed by atoms with E-state index in [4.69, 9.17) is 4.74 Å². The second-order valence-electron chi connectivity index (χ2n) is 6.61. The molecular formula is C21H27N3O2. The molecule has 0 aliphatic carbocycles. The van der Waals surface area contributed by atoms with Crippen LogP contribution in [0.4, 0.5) is 5.82 Å². The fourth-order valence-electron chi connectivity index (χ4n) is 3.28. The molecule has 138 valence electrons. The summed E-state index contributed by atoms with van der Waals surface area (Å²) in [5.74, 6) is 2.16. The molecule has 0 atom stereocenters. The first-order valence-electron chi connectivity index (χ1n) is 9.33. The van der Waals surface area contributed by atoms with Crippen molar-refractivity contribution >= 4 is 11.7 Å². The van der Waals surface area contributed by atoms with Crippen LogP contribution in [0.3, 0.4) is 0 Å². The molecule has 0 saturated carbocycles. The molecule has 0 bridgehead atoms. The number of aromatic nitrogens is 1. The molecule has 1 aromatic carbocycles. The number of benzene rings is 1. The van der Waals surface area contributed by atoms with Crippen molar-refractivity contribution in [3.05, 3.63) is 54.2 Å². The van der Waals surface area contributed by atoms with E-state index in [9.17, 15) is 4.79 Å². The highest BCUT2D eigenvalue weighted by Crippen LogP contribution is 2.15. The van der Waals surface area contributed by atoms with Crippen LogP contribution in [0, 0.1) is 0 Å². The van der Waals surface area contributed by atoms with Crippen LogP contribution in [0.1, 0.15) is 24.8 Å². The van der Waals surface area contributed by atoms with Gasteiger partial charge in [0.2, 0.25) is 5.91 Å². The molecule has 5 heteroatoms. The van der Waals surface area contributed by atoms with Crippen molar-refractivity contribution in [1.82, 2.24) is 9.88 Å². The van der Waals surface area contributed by atoms with Gasteiger partial charge in [-0.25, -0.2) is 4.98 Å². The zero-order valence-corrected chi connectivity index (χ0v) is 15.4. The second kappa shape index (κ2) is 9.22. The molecule has 1 fully saturated rings. The molecule has 3 rings (SSSR count). The Labute approximate surface area is 155 Å². The minimum atomic E-state index is 0.278. The van der Waals surface area contributed by atoms with Crippen LogP contribution in [-0.2, 0) is 11.2 Å². The van der Waals surface area contributed by atoms with Crippen molar-refractivity contribution in [2.45, 2.75) is 25.7 Å². The van der Waals surface area contributed by atoms with Gasteiger partial charge in [0.25, 0.3) is 0 Å². The van der Waals surface area contributed by atoms with Gasteiger partial charge in [0.05, 0.1) is 7.11 Å². The lowest BCUT2D eigenvalue weighted by Gasteiger charge is -2.35. The average Bonchev–Trinajstić information content (AvgIpc) is 2.72. The number of nitrogens with zero attached hydrogens (tertiary/aromatic N) is 3. The summed E-state index contributed by atoms with van der Waals surface area (Å²) in [4.78, 5) is 21.0. The number of carbonyl (C=O) groups excluding carboxylic acids is 1. The van der Waals surface area contributed by atoms with Gasteiger partial charge in [-0.1, -0.05) is 18.2 Å². The number of carbonyl (C=O) groups is 1. The third-order valence-electron chi connectivity index (χ3n) is 4.87. The van der Waals surface area contributed by atoms with Crippen molar-refractivity contribution in [3.63, 3.8) is 0 Å². The largest absolute Gasteiger partial charge is 0.497 e. The quantitative estimate of drug-likeness (QED) is 0.718. The number of hydrogen-bond acceptors (Lipinski definition) is 4. The number of hydrogen-bond donors (Lipinski definition) is 0. The highest BCUT2D eigenvalue weighted by molar-refractivity contribution is 5.76. The molecule has 2 aromatic rings. The zero-order valence-electron chi connectivity index (χ0n) is 15.4. The standard InChI is InChI=1S/C21H27N3O2/c1-26-19-11-9-18(10-12-19)6-2-3-8-21(25)24-16-14-23(15-17-24)20-7-4-5-13-22-20/h4-5,7,9-13H,2-3,6,8,14-17H2,1H3. The fourth-order valence-corrected chi connectivity index (χ4v) is 3.28. The van der Waals surface area contributed by atoms with Gasteiger partial charge < -0.3 is 14.5 Å². The molecule has 0 unspecified atom stereocenters. The molecule has 1 aromatic heterocycles. The number of rotatable bonds is 7. The Kier molecular flexibility index (Phi) is 6.47. The minimum absolute atomic E-state index is 0.278. The first-order valence-corrected chi connectivity index (χ1v) is 9.33. The Balaban J connectivity index is 1.35. The van der Waals surface area contributed by atoms with Crippen LogP contribution >= 0.6 is 0 Å². The van der Waals surface area contributed by atoms with E-state index in [1.165, 1.54) is 5.56 Å². The van der Waals surface area contributed by atoms with Crippen LogP contribution in [0.5, 0.6) is 5.75 Å². The van der Waals surface area contributed by atoms with Crippen LogP contribution < -0.4 is 9.64 Å². The number of methoxy groups -OCH3 is 1. The van der Waals surface area contributed by atoms with Crippen LogP contribution in [0.15, 0.2) is 48.7 Å². The maximum absolute atomic E-state index is 12.4. The van der Waals surface area contributed by atoms with E-state index in [1.807, 2.05) is 41.4 Å². The van der Waals surface area contributed by atoms with Gasteiger partial charge in [-0.3, -0.25) is 4.79 Å². The molecule has 1 amide bonds. The number of anilines is 1. The summed E-state index contributed by atoms with van der Waals surface area (Å²) in [6.45, 7) is 3.28. The third-order valence-corrected chi connectivity index (χ3v) is 4.87. The molecule has 1 aliphatic heterocycles. The summed E-state index contributed by atoms with van der Waals surface area (Å²) in [6, 6.07) is 14.1. The number of amides is 1. The molecule has 0 N–H and O–H groups in total. The monoisotopic (exact) mass is 353 g/mol. The summed E-state index contributed by atoms with van der Waals surface area (Å²) in [6.07, 6.45) is 5.43. The Bertz CT molecular complexity index is 680. The molecule has 0 radical (unpaired) electrons. The summed E-state index contributed by atoms with van der Waals surface area (Å²) < 4.78 is 5.17. The highest BCUT2D eigenvalue weighted by atomic mass is 16.5. The molecule has 1 saturated heterocycles. The Morgan fingerprint density at radius 1 is 1.04 bits per heavy atom. The van der Waals surface area contributed by atoms with E-state index in [1.54, 1.807) is 7.11 Å². The van der Waals surface area contributed by atoms with Crippen LogP contribution in [0.25, 0.3) is 0 Å². The maximum Gasteiger partial charge on any atom is 0.222 e. The number of unbranched alkanes of at least 4 members (excludes halogenated alkanes) is 1. The van der Waals surface area contributed by atoms with E-state index >= 15 is 0 Å². The second-order valence-corrected chi connectivity index (χ2v) is 6.61. The fraction of sp³-hybridized carbons (Fsp3) is 0.429. The normalized spacial score (nSPS) is 14.3. The Morgan fingerprint density at radius 2 is 1.81 bits per heavy atom. The predicted molar refractivity (Wildman–Crippen MR) is 104 cm³/mol. The Morgan fingerprint density at radius 3 is 2.46 bits per heavy atom. The van der Waals surface area contributed by atoms with E-state index in [0.717, 1.165) is 57.0 Å². The molecule has 1 aliphatic rings. The van der Waals surface area contributed by atoms with Crippen molar-refractivity contribution in [3.8, 4) is 5.75 Å². The first-order chi connectivity index (χ1) is 12.8. The van der Waals surface area contributed by atoms with E-state index in [-0.39, 0.29) is 5.91 Å². The lowest BCUT2D eigenvalue weighted by Crippen LogP contribution is -2.49. The van der Waals surface area contributed by atoms with Crippen molar-refractivity contribution in [1.29, 1.82) is 0 Å². The number of aryl methyl sites for hydroxylation is 1. The van der Waals surface area contributed by atoms with Crippen molar-refractivity contribution in [2.24, 2.45) is 0 Å². The van der Waals surface area contributed by atoms with Gasteiger partial charge >= 0.3 is 0 Å². The molecule has 2 heterocycles. The van der Waals surface area contributed by atoms with Crippen molar-refractivity contribution < 1.29 is 9.53 Å². The lowest BCUT2D eigenvalue weighted by molar-refractivity contribution is -0.131. The summed E-state index contributed by atoms with van der Waals surface area (Å²) >= 11 is 0. The van der Waals surface area contributed by atoms with E-state index in [2.05, 4.69) is 22.0 Å². The van der Waals surface area contributed by atoms with Gasteiger partial charge in [0.1, 0.15) is 11.6 Å². The average molecular weight is 353 g/mol. The number of piperazine rings is 1. The third kappa shape index (κ3) is 4.97. The summed E-state index contributed by atoms with van der Waals surface area (Å²) in [5, 5.41) is 0. The van der Waals surface area contributed by atoms with Gasteiger partial charge in [-0.2, -0.15) is 0 Å². The number of ether oxygens (including phenoxy) is 1. The van der Waals surface area contributed by atoms with Crippen LogP contribution in [0.2, 0.25) is 0 Å². The zero-order chi connectivity index (χ0) is 18.2. The summed E-state index contributed by atoms with van der Waals surface area (Å²) in [5.41, 5.74) is 1.29. The molecule has 26 heavy (non-hydrogen) atoms. The van der Waals surface area contributed by atoms with E-state index < -0.39 is 0 Å². The maximum atomic E-state index is 12.4. The Hall–Kier alpha value is -2.56. The van der Waals surface area contributed by atoms with Gasteiger partial charge in [-0.05, 0) is 49.1 Å². The van der Waals surface area contributed by atoms with Gasteiger partial charge in [0, 0.05) is 38.8 Å². The minimum Gasteiger partial charge on any atom is -0.497 e. The first kappa shape index (κ1) is 18.2. The van der Waals surface area contributed by atoms with Crippen molar-refractivity contribution in [2.75, 3.05) is 38.2 Å². The van der Waals surface area contributed by atoms with E-state index in [0.29, 0.717) is 6.42 Å². The smallest absolute Gasteiger partial charge is 0.222 e. The lowest BCUT2D eigenvalue weighted by atomic mass is 10.1. The predicted octanol–water partition coefficient (Wildman–Crippen LogP) is 3.15. The summed E-state index contributed by atoms with van der Waals surface area (Å²) in [7, 11) is 1.68. The SMILES string of the molecule is COc1ccc(CCCCC(=O)N2CCN(c3ccccn3)CC2)cc1. The van der Waals surface area contributed by atoms with Crippen LogP contribution in [-0.4, -0.2) is 49.1 Å².